The van der Waals surface area contributed by atoms with Crippen LogP contribution in [-0.4, -0.2) is 31.1 Å². The third-order valence-electron chi connectivity index (χ3n) is 4.74. The van der Waals surface area contributed by atoms with E-state index < -0.39 is 0 Å². The third-order valence-corrected chi connectivity index (χ3v) is 4.74. The van der Waals surface area contributed by atoms with Crippen LogP contribution >= 0.6 is 0 Å². The summed E-state index contributed by atoms with van der Waals surface area (Å²) < 4.78 is 0. The zero-order valence-electron chi connectivity index (χ0n) is 13.5. The molecule has 2 rings (SSSR count). The van der Waals surface area contributed by atoms with Gasteiger partial charge in [0.25, 0.3) is 0 Å². The molecule has 0 saturated carbocycles. The molecule has 0 radical (unpaired) electrons. The van der Waals surface area contributed by atoms with Gasteiger partial charge in [-0.15, -0.1) is 0 Å². The van der Waals surface area contributed by atoms with Gasteiger partial charge in [0.2, 0.25) is 0 Å². The number of likely N-dealkylation sites (tertiary alicyclic amines) is 1. The predicted molar refractivity (Wildman–Crippen MR) is 86.8 cm³/mol. The number of hydrogen-bond donors (Lipinski definition) is 1. The predicted octanol–water partition coefficient (Wildman–Crippen LogP) is 3.70. The summed E-state index contributed by atoms with van der Waals surface area (Å²) in [6.45, 7) is 9.48. The van der Waals surface area contributed by atoms with Gasteiger partial charge in [0.15, 0.2) is 0 Å². The van der Waals surface area contributed by atoms with Crippen LogP contribution < -0.4 is 5.32 Å². The average Bonchev–Trinajstić information content (AvgIpc) is 2.46. The van der Waals surface area contributed by atoms with Gasteiger partial charge in [-0.2, -0.15) is 0 Å². The van der Waals surface area contributed by atoms with E-state index in [0.29, 0.717) is 18.0 Å². The summed E-state index contributed by atoms with van der Waals surface area (Å²) in [5.41, 5.74) is 1.42. The van der Waals surface area contributed by atoms with Crippen molar-refractivity contribution in [3.05, 3.63) is 35.9 Å². The highest BCUT2D eigenvalue weighted by Crippen LogP contribution is 2.26. The van der Waals surface area contributed by atoms with Crippen LogP contribution in [0.2, 0.25) is 0 Å². The molecule has 0 aromatic heterocycles. The molecule has 20 heavy (non-hydrogen) atoms. The van der Waals surface area contributed by atoms with Crippen LogP contribution in [0.5, 0.6) is 0 Å². The maximum Gasteiger partial charge on any atom is 0.0345 e. The van der Waals surface area contributed by atoms with E-state index in [1.165, 1.54) is 31.5 Å². The molecule has 1 aliphatic heterocycles. The first kappa shape index (κ1) is 15.5. The van der Waals surface area contributed by atoms with Crippen LogP contribution in [0.1, 0.15) is 45.2 Å². The lowest BCUT2D eigenvalue weighted by Gasteiger charge is -2.36. The van der Waals surface area contributed by atoms with Gasteiger partial charge in [0.05, 0.1) is 0 Å². The molecule has 2 unspecified atom stereocenters. The van der Waals surface area contributed by atoms with E-state index in [0.717, 1.165) is 5.92 Å². The second-order valence-electron chi connectivity index (χ2n) is 6.73. The van der Waals surface area contributed by atoms with Crippen LogP contribution in [-0.2, 0) is 0 Å². The molecule has 2 nitrogen and oxygen atoms in total. The van der Waals surface area contributed by atoms with Crippen LogP contribution in [0.25, 0.3) is 0 Å². The Kier molecular flexibility index (Phi) is 5.62. The average molecular weight is 274 g/mol. The molecule has 0 aliphatic carbocycles. The summed E-state index contributed by atoms with van der Waals surface area (Å²) in [4.78, 5) is 2.44. The lowest BCUT2D eigenvalue weighted by Crippen LogP contribution is -2.43. The monoisotopic (exact) mass is 274 g/mol. The lowest BCUT2D eigenvalue weighted by molar-refractivity contribution is 0.178. The van der Waals surface area contributed by atoms with Crippen molar-refractivity contribution in [2.45, 2.75) is 45.7 Å². The summed E-state index contributed by atoms with van der Waals surface area (Å²) in [6.07, 6.45) is 2.65. The first-order valence-electron chi connectivity index (χ1n) is 8.07. The second-order valence-corrected chi connectivity index (χ2v) is 6.73. The highest BCUT2D eigenvalue weighted by atomic mass is 15.1. The number of piperidine rings is 1. The summed E-state index contributed by atoms with van der Waals surface area (Å²) in [5, 5.41) is 3.90. The molecular formula is C18H30N2. The highest BCUT2D eigenvalue weighted by Gasteiger charge is 2.25. The van der Waals surface area contributed by atoms with Crippen LogP contribution in [0, 0.1) is 11.8 Å². The zero-order valence-corrected chi connectivity index (χ0v) is 13.5. The van der Waals surface area contributed by atoms with E-state index >= 15 is 0 Å². The molecule has 1 aliphatic rings. The molecular weight excluding hydrogens is 244 g/mol. The van der Waals surface area contributed by atoms with Crippen molar-refractivity contribution in [1.82, 2.24) is 10.2 Å². The number of nitrogens with one attached hydrogen (secondary N) is 1. The smallest absolute Gasteiger partial charge is 0.0345 e. The summed E-state index contributed by atoms with van der Waals surface area (Å²) >= 11 is 0. The normalized spacial score (nSPS) is 21.1. The Bertz CT molecular complexity index is 380. The van der Waals surface area contributed by atoms with E-state index in [2.05, 4.69) is 68.4 Å². The van der Waals surface area contributed by atoms with Crippen LogP contribution in [0.3, 0.4) is 0 Å². The van der Waals surface area contributed by atoms with Gasteiger partial charge in [0.1, 0.15) is 0 Å². The summed E-state index contributed by atoms with van der Waals surface area (Å²) in [7, 11) is 2.23. The van der Waals surface area contributed by atoms with Crippen LogP contribution in [0.4, 0.5) is 0 Å². The minimum Gasteiger partial charge on any atom is -0.307 e. The maximum absolute atomic E-state index is 3.90. The first-order valence-corrected chi connectivity index (χ1v) is 8.07. The first-order chi connectivity index (χ1) is 9.58. The fourth-order valence-electron chi connectivity index (χ4n) is 3.28. The quantitative estimate of drug-likeness (QED) is 0.880. The van der Waals surface area contributed by atoms with Gasteiger partial charge in [-0.05, 0) is 57.3 Å². The molecule has 1 aromatic carbocycles. The molecule has 1 saturated heterocycles. The summed E-state index contributed by atoms with van der Waals surface area (Å²) in [6, 6.07) is 11.9. The van der Waals surface area contributed by atoms with Crippen molar-refractivity contribution in [3.8, 4) is 0 Å². The molecule has 1 heterocycles. The SMILES string of the molecule is CC(C)C(NC(C)C1CCN(C)CC1)c1ccccc1. The Morgan fingerprint density at radius 2 is 1.65 bits per heavy atom. The fraction of sp³-hybridized carbons (Fsp3) is 0.667. The van der Waals surface area contributed by atoms with Crippen molar-refractivity contribution >= 4 is 0 Å². The van der Waals surface area contributed by atoms with Gasteiger partial charge in [-0.25, -0.2) is 0 Å². The Morgan fingerprint density at radius 3 is 2.20 bits per heavy atom. The van der Waals surface area contributed by atoms with Crippen molar-refractivity contribution in [1.29, 1.82) is 0 Å². The molecule has 112 valence electrons. The van der Waals surface area contributed by atoms with E-state index in [9.17, 15) is 0 Å². The van der Waals surface area contributed by atoms with Gasteiger partial charge in [-0.1, -0.05) is 44.2 Å². The van der Waals surface area contributed by atoms with Crippen molar-refractivity contribution in [2.24, 2.45) is 11.8 Å². The number of nitrogens with zero attached hydrogens (tertiary/aromatic N) is 1. The van der Waals surface area contributed by atoms with E-state index in [4.69, 9.17) is 0 Å². The number of rotatable bonds is 5. The molecule has 2 heteroatoms. The molecule has 1 N–H and O–H groups in total. The molecule has 2 atom stereocenters. The molecule has 0 amide bonds. The molecule has 1 aromatic rings. The van der Waals surface area contributed by atoms with E-state index in [-0.39, 0.29) is 0 Å². The Hall–Kier alpha value is -0.860. The standard InChI is InChI=1S/C18H30N2/c1-14(2)18(17-8-6-5-7-9-17)19-15(3)16-10-12-20(4)13-11-16/h5-9,14-16,18-19H,10-13H2,1-4H3. The van der Waals surface area contributed by atoms with Gasteiger partial charge >= 0.3 is 0 Å². The Morgan fingerprint density at radius 1 is 1.05 bits per heavy atom. The largest absolute Gasteiger partial charge is 0.307 e. The molecule has 0 spiro atoms. The zero-order chi connectivity index (χ0) is 14.5. The van der Waals surface area contributed by atoms with Crippen LogP contribution in [0.15, 0.2) is 30.3 Å². The fourth-order valence-corrected chi connectivity index (χ4v) is 3.28. The minimum absolute atomic E-state index is 0.464. The van der Waals surface area contributed by atoms with Gasteiger partial charge < -0.3 is 10.2 Å². The lowest BCUT2D eigenvalue weighted by atomic mass is 9.88. The van der Waals surface area contributed by atoms with Gasteiger partial charge in [0, 0.05) is 12.1 Å². The van der Waals surface area contributed by atoms with Gasteiger partial charge in [-0.3, -0.25) is 0 Å². The third kappa shape index (κ3) is 4.07. The second kappa shape index (κ2) is 7.24. The molecule has 0 bridgehead atoms. The van der Waals surface area contributed by atoms with Crippen molar-refractivity contribution < 1.29 is 0 Å². The maximum atomic E-state index is 3.90. The Balaban J connectivity index is 1.98. The minimum atomic E-state index is 0.464. The Labute approximate surface area is 124 Å². The van der Waals surface area contributed by atoms with E-state index in [1.54, 1.807) is 0 Å². The number of benzene rings is 1. The van der Waals surface area contributed by atoms with Crippen molar-refractivity contribution in [3.63, 3.8) is 0 Å². The topological polar surface area (TPSA) is 15.3 Å². The summed E-state index contributed by atoms with van der Waals surface area (Å²) in [5.74, 6) is 1.43. The highest BCUT2D eigenvalue weighted by molar-refractivity contribution is 5.19. The molecule has 1 fully saturated rings. The van der Waals surface area contributed by atoms with Crippen molar-refractivity contribution in [2.75, 3.05) is 20.1 Å². The van der Waals surface area contributed by atoms with E-state index in [1.807, 2.05) is 0 Å². The number of hydrogen-bond acceptors (Lipinski definition) is 2.